The van der Waals surface area contributed by atoms with E-state index in [2.05, 4.69) is 29.6 Å². The number of hydrogen-bond acceptors (Lipinski definition) is 5. The predicted octanol–water partition coefficient (Wildman–Crippen LogP) is 6.20. The molecule has 0 saturated heterocycles. The van der Waals surface area contributed by atoms with Gasteiger partial charge in [-0.2, -0.15) is 0 Å². The minimum absolute atomic E-state index is 0.00586. The number of ether oxygens (including phenoxy) is 3. The number of nitrogens with zero attached hydrogens (tertiary/aromatic N) is 1. The van der Waals surface area contributed by atoms with Gasteiger partial charge in [0, 0.05) is 35.3 Å². The van der Waals surface area contributed by atoms with E-state index in [1.165, 1.54) is 0 Å². The smallest absolute Gasteiger partial charge is 0.251 e. The van der Waals surface area contributed by atoms with Crippen molar-refractivity contribution in [2.45, 2.75) is 17.9 Å². The summed E-state index contributed by atoms with van der Waals surface area (Å²) in [6.45, 7) is 0.986. The molecule has 8 rings (SSSR count). The Morgan fingerprint density at radius 2 is 1.38 bits per heavy atom. The number of amides is 2. The molecule has 1 N–H and O–H groups in total. The molecule has 0 aliphatic carbocycles. The summed E-state index contributed by atoms with van der Waals surface area (Å²) in [6, 6.07) is 39.4. The van der Waals surface area contributed by atoms with Crippen LogP contribution in [0.2, 0.25) is 0 Å². The fourth-order valence-corrected chi connectivity index (χ4v) is 6.86. The van der Waals surface area contributed by atoms with E-state index in [1.807, 2.05) is 97.1 Å². The minimum Gasteiger partial charge on any atom is -0.491 e. The van der Waals surface area contributed by atoms with Gasteiger partial charge in [-0.25, -0.2) is 0 Å². The SMILES string of the molecule is O=C(NCC(c1ccccc1)c1ccccc1)c1ccccc1CN1C(=O)C2(COc3cc4c(cc32)OCO4)c2ccccc21. The van der Waals surface area contributed by atoms with Crippen LogP contribution in [0.3, 0.4) is 0 Å². The van der Waals surface area contributed by atoms with Crippen molar-refractivity contribution >= 4 is 17.5 Å². The molecule has 222 valence electrons. The van der Waals surface area contributed by atoms with Gasteiger partial charge in [-0.15, -0.1) is 0 Å². The molecule has 7 nitrogen and oxygen atoms in total. The Hall–Kier alpha value is -5.56. The largest absolute Gasteiger partial charge is 0.491 e. The van der Waals surface area contributed by atoms with Gasteiger partial charge in [-0.05, 0) is 40.5 Å². The van der Waals surface area contributed by atoms with Crippen LogP contribution in [0.1, 0.15) is 44.1 Å². The first-order valence-electron chi connectivity index (χ1n) is 15.1. The first kappa shape index (κ1) is 27.0. The Kier molecular flexibility index (Phi) is 6.52. The molecule has 5 aromatic carbocycles. The summed E-state index contributed by atoms with van der Waals surface area (Å²) >= 11 is 0. The van der Waals surface area contributed by atoms with Crippen LogP contribution in [0, 0.1) is 0 Å². The highest BCUT2D eigenvalue weighted by Crippen LogP contribution is 2.55. The molecule has 3 aliphatic rings. The Morgan fingerprint density at radius 1 is 0.733 bits per heavy atom. The molecule has 0 saturated carbocycles. The van der Waals surface area contributed by atoms with Gasteiger partial charge in [0.25, 0.3) is 5.91 Å². The Bertz CT molecular complexity index is 1890. The van der Waals surface area contributed by atoms with Crippen LogP contribution in [0.4, 0.5) is 5.69 Å². The second-order valence-electron chi connectivity index (χ2n) is 11.5. The number of carbonyl (C=O) groups excluding carboxylic acids is 2. The first-order valence-corrected chi connectivity index (χ1v) is 15.1. The molecule has 1 spiro atoms. The molecule has 0 radical (unpaired) electrons. The van der Waals surface area contributed by atoms with Crippen LogP contribution < -0.4 is 24.4 Å². The summed E-state index contributed by atoms with van der Waals surface area (Å²) in [5.41, 5.74) is 5.00. The van der Waals surface area contributed by atoms with Crippen molar-refractivity contribution in [3.63, 3.8) is 0 Å². The lowest BCUT2D eigenvalue weighted by Crippen LogP contribution is -2.42. The van der Waals surface area contributed by atoms with Crippen molar-refractivity contribution in [2.24, 2.45) is 0 Å². The zero-order chi connectivity index (χ0) is 30.4. The lowest BCUT2D eigenvalue weighted by atomic mass is 9.77. The number of anilines is 1. The van der Waals surface area contributed by atoms with E-state index in [0.717, 1.165) is 33.5 Å². The van der Waals surface area contributed by atoms with Crippen LogP contribution >= 0.6 is 0 Å². The lowest BCUT2D eigenvalue weighted by molar-refractivity contribution is -0.122. The fourth-order valence-electron chi connectivity index (χ4n) is 6.86. The van der Waals surface area contributed by atoms with Crippen molar-refractivity contribution < 1.29 is 23.8 Å². The molecule has 3 heterocycles. The van der Waals surface area contributed by atoms with Crippen LogP contribution in [-0.4, -0.2) is 31.8 Å². The van der Waals surface area contributed by atoms with Crippen LogP contribution in [0.15, 0.2) is 121 Å². The molecule has 0 fully saturated rings. The summed E-state index contributed by atoms with van der Waals surface area (Å²) in [4.78, 5) is 30.1. The highest BCUT2D eigenvalue weighted by Gasteiger charge is 2.57. The average Bonchev–Trinajstić information content (AvgIpc) is 3.77. The third kappa shape index (κ3) is 4.42. The van der Waals surface area contributed by atoms with Crippen molar-refractivity contribution in [1.29, 1.82) is 0 Å². The molecule has 1 atom stereocenters. The number of rotatable bonds is 7. The molecule has 45 heavy (non-hydrogen) atoms. The number of para-hydroxylation sites is 1. The molecular formula is C38H30N2O5. The Morgan fingerprint density at radius 3 is 2.13 bits per heavy atom. The van der Waals surface area contributed by atoms with Crippen LogP contribution in [-0.2, 0) is 16.8 Å². The normalized spacial score (nSPS) is 17.4. The Balaban J connectivity index is 1.09. The maximum absolute atomic E-state index is 14.5. The quantitative estimate of drug-likeness (QED) is 0.243. The summed E-state index contributed by atoms with van der Waals surface area (Å²) in [6.07, 6.45) is 0. The second-order valence-corrected chi connectivity index (χ2v) is 11.5. The number of nitrogens with one attached hydrogen (secondary N) is 1. The maximum Gasteiger partial charge on any atom is 0.251 e. The zero-order valence-corrected chi connectivity index (χ0v) is 24.4. The van der Waals surface area contributed by atoms with Crippen molar-refractivity contribution in [3.8, 4) is 17.2 Å². The van der Waals surface area contributed by atoms with Gasteiger partial charge in [0.1, 0.15) is 17.8 Å². The number of hydrogen-bond donors (Lipinski definition) is 1. The molecule has 0 bridgehead atoms. The van der Waals surface area contributed by atoms with E-state index in [1.54, 1.807) is 4.90 Å². The van der Waals surface area contributed by atoms with Crippen molar-refractivity contribution in [2.75, 3.05) is 24.8 Å². The van der Waals surface area contributed by atoms with Gasteiger partial charge in [0.15, 0.2) is 11.5 Å². The molecule has 7 heteroatoms. The van der Waals surface area contributed by atoms with E-state index >= 15 is 0 Å². The van der Waals surface area contributed by atoms with E-state index in [4.69, 9.17) is 14.2 Å². The van der Waals surface area contributed by atoms with Gasteiger partial charge in [0.2, 0.25) is 12.7 Å². The highest BCUT2D eigenvalue weighted by molar-refractivity contribution is 6.11. The molecule has 0 aromatic heterocycles. The average molecular weight is 595 g/mol. The number of carbonyl (C=O) groups is 2. The molecule has 2 amide bonds. The molecule has 3 aliphatic heterocycles. The van der Waals surface area contributed by atoms with E-state index in [0.29, 0.717) is 29.4 Å². The van der Waals surface area contributed by atoms with Gasteiger partial charge >= 0.3 is 0 Å². The predicted molar refractivity (Wildman–Crippen MR) is 170 cm³/mol. The topological polar surface area (TPSA) is 77.1 Å². The zero-order valence-electron chi connectivity index (χ0n) is 24.4. The van der Waals surface area contributed by atoms with E-state index < -0.39 is 5.41 Å². The van der Waals surface area contributed by atoms with E-state index in [-0.39, 0.29) is 37.7 Å². The first-order chi connectivity index (χ1) is 22.1. The molecular weight excluding hydrogens is 564 g/mol. The number of fused-ring (bicyclic) bond motifs is 5. The standard InChI is InChI=1S/C38H30N2O5/c41-36(39-21-29(25-11-3-1-4-12-25)26-13-5-2-6-14-26)28-16-8-7-15-27(28)22-40-32-18-10-9-17-30(32)38(37(40)42)23-43-33-20-35-34(19-31(33)38)44-24-45-35/h1-20,29H,21-24H2,(H,39,41). The lowest BCUT2D eigenvalue weighted by Gasteiger charge is -2.24. The minimum atomic E-state index is -1.01. The summed E-state index contributed by atoms with van der Waals surface area (Å²) in [5.74, 6) is 1.56. The van der Waals surface area contributed by atoms with Gasteiger partial charge in [-0.1, -0.05) is 97.1 Å². The third-order valence-corrected chi connectivity index (χ3v) is 9.10. The summed E-state index contributed by atoms with van der Waals surface area (Å²) in [7, 11) is 0. The molecule has 1 unspecified atom stereocenters. The van der Waals surface area contributed by atoms with Gasteiger partial charge in [-0.3, -0.25) is 9.59 Å². The van der Waals surface area contributed by atoms with E-state index in [9.17, 15) is 9.59 Å². The van der Waals surface area contributed by atoms with Gasteiger partial charge in [0.05, 0.1) is 6.54 Å². The number of benzene rings is 5. The second kappa shape index (κ2) is 10.9. The van der Waals surface area contributed by atoms with Crippen molar-refractivity contribution in [3.05, 3.63) is 155 Å². The molecule has 5 aromatic rings. The van der Waals surface area contributed by atoms with Crippen molar-refractivity contribution in [1.82, 2.24) is 5.32 Å². The van der Waals surface area contributed by atoms with Crippen LogP contribution in [0.5, 0.6) is 17.2 Å². The summed E-state index contributed by atoms with van der Waals surface area (Å²) in [5, 5.41) is 3.19. The maximum atomic E-state index is 14.5. The Labute approximate surface area is 261 Å². The van der Waals surface area contributed by atoms with Gasteiger partial charge < -0.3 is 24.4 Å². The highest BCUT2D eigenvalue weighted by atomic mass is 16.7. The fraction of sp³-hybridized carbons (Fsp3) is 0.158. The van der Waals surface area contributed by atoms with Crippen LogP contribution in [0.25, 0.3) is 0 Å². The third-order valence-electron chi connectivity index (χ3n) is 9.10. The summed E-state index contributed by atoms with van der Waals surface area (Å²) < 4.78 is 17.3. The monoisotopic (exact) mass is 594 g/mol.